The van der Waals surface area contributed by atoms with Crippen molar-refractivity contribution < 1.29 is 18.7 Å². The van der Waals surface area contributed by atoms with Gasteiger partial charge in [-0.2, -0.15) is 0 Å². The standard InChI is InChI=1S/C19H16ClNO5/c1-24-16-5-3-11(7-17(16)25-2)10-21-18(22)14-9-12-8-13(20)4-6-15(12)26-19(14)23/h3-9H,10H2,1-2H3,(H,21,22). The van der Waals surface area contributed by atoms with Gasteiger partial charge < -0.3 is 19.2 Å². The molecule has 6 nitrogen and oxygen atoms in total. The van der Waals surface area contributed by atoms with E-state index in [1.165, 1.54) is 13.2 Å². The Kier molecular flexibility index (Phi) is 5.14. The van der Waals surface area contributed by atoms with E-state index in [4.69, 9.17) is 25.5 Å². The lowest BCUT2D eigenvalue weighted by molar-refractivity contribution is 0.0947. The maximum Gasteiger partial charge on any atom is 0.349 e. The second-order valence-corrected chi connectivity index (χ2v) is 5.94. The molecule has 26 heavy (non-hydrogen) atoms. The summed E-state index contributed by atoms with van der Waals surface area (Å²) in [5.41, 5.74) is 0.380. The highest BCUT2D eigenvalue weighted by Crippen LogP contribution is 2.27. The summed E-state index contributed by atoms with van der Waals surface area (Å²) < 4.78 is 15.6. The molecule has 0 saturated heterocycles. The van der Waals surface area contributed by atoms with Crippen LogP contribution in [0.25, 0.3) is 11.0 Å². The number of carbonyl (C=O) groups excluding carboxylic acids is 1. The molecule has 1 aromatic heterocycles. The van der Waals surface area contributed by atoms with Gasteiger partial charge in [-0.1, -0.05) is 17.7 Å². The Morgan fingerprint density at radius 1 is 1.08 bits per heavy atom. The number of carbonyl (C=O) groups is 1. The van der Waals surface area contributed by atoms with Crippen molar-refractivity contribution in [3.63, 3.8) is 0 Å². The Bertz CT molecular complexity index is 1030. The van der Waals surface area contributed by atoms with Gasteiger partial charge in [0.05, 0.1) is 14.2 Å². The number of hydrogen-bond acceptors (Lipinski definition) is 5. The van der Waals surface area contributed by atoms with Crippen LogP contribution >= 0.6 is 11.6 Å². The van der Waals surface area contributed by atoms with Crippen LogP contribution in [0.1, 0.15) is 15.9 Å². The molecule has 2 aromatic carbocycles. The predicted octanol–water partition coefficient (Wildman–Crippen LogP) is 3.39. The fraction of sp³-hybridized carbons (Fsp3) is 0.158. The smallest absolute Gasteiger partial charge is 0.349 e. The lowest BCUT2D eigenvalue weighted by atomic mass is 10.1. The van der Waals surface area contributed by atoms with E-state index >= 15 is 0 Å². The highest BCUT2D eigenvalue weighted by molar-refractivity contribution is 6.31. The molecule has 0 aliphatic rings. The number of nitrogens with one attached hydrogen (secondary N) is 1. The SMILES string of the molecule is COc1ccc(CNC(=O)c2cc3cc(Cl)ccc3oc2=O)cc1OC. The first-order chi connectivity index (χ1) is 12.5. The summed E-state index contributed by atoms with van der Waals surface area (Å²) >= 11 is 5.94. The molecule has 0 aliphatic heterocycles. The summed E-state index contributed by atoms with van der Waals surface area (Å²) in [7, 11) is 3.08. The zero-order valence-electron chi connectivity index (χ0n) is 14.2. The number of rotatable bonds is 5. The zero-order valence-corrected chi connectivity index (χ0v) is 14.9. The molecule has 3 rings (SSSR count). The average molecular weight is 374 g/mol. The van der Waals surface area contributed by atoms with Crippen LogP contribution in [0, 0.1) is 0 Å². The van der Waals surface area contributed by atoms with Gasteiger partial charge in [-0.15, -0.1) is 0 Å². The lowest BCUT2D eigenvalue weighted by Crippen LogP contribution is -2.27. The molecule has 0 unspecified atom stereocenters. The Morgan fingerprint density at radius 3 is 2.58 bits per heavy atom. The molecule has 0 radical (unpaired) electrons. The fourth-order valence-corrected chi connectivity index (χ4v) is 2.70. The normalized spacial score (nSPS) is 10.6. The van der Waals surface area contributed by atoms with Crippen molar-refractivity contribution in [1.82, 2.24) is 5.32 Å². The number of methoxy groups -OCH3 is 2. The van der Waals surface area contributed by atoms with Crippen molar-refractivity contribution in [3.05, 3.63) is 69.0 Å². The van der Waals surface area contributed by atoms with Crippen molar-refractivity contribution in [2.24, 2.45) is 0 Å². The topological polar surface area (TPSA) is 77.8 Å². The van der Waals surface area contributed by atoms with Gasteiger partial charge in [-0.05, 0) is 42.0 Å². The lowest BCUT2D eigenvalue weighted by Gasteiger charge is -2.10. The number of ether oxygens (including phenoxy) is 2. The number of benzene rings is 2. The van der Waals surface area contributed by atoms with Crippen molar-refractivity contribution in [3.8, 4) is 11.5 Å². The van der Waals surface area contributed by atoms with Crippen molar-refractivity contribution >= 4 is 28.5 Å². The van der Waals surface area contributed by atoms with E-state index in [1.807, 2.05) is 0 Å². The van der Waals surface area contributed by atoms with E-state index in [-0.39, 0.29) is 12.1 Å². The van der Waals surface area contributed by atoms with E-state index in [9.17, 15) is 9.59 Å². The van der Waals surface area contributed by atoms with Gasteiger partial charge in [0.2, 0.25) is 0 Å². The minimum atomic E-state index is -0.704. The summed E-state index contributed by atoms with van der Waals surface area (Å²) in [6.07, 6.45) is 0. The van der Waals surface area contributed by atoms with Crippen LogP contribution < -0.4 is 20.4 Å². The molecule has 0 bridgehead atoms. The van der Waals surface area contributed by atoms with Crippen LogP contribution in [0.4, 0.5) is 0 Å². The van der Waals surface area contributed by atoms with Crippen LogP contribution in [0.5, 0.6) is 11.5 Å². The number of hydrogen-bond donors (Lipinski definition) is 1. The second-order valence-electron chi connectivity index (χ2n) is 5.50. The van der Waals surface area contributed by atoms with E-state index in [1.54, 1.807) is 43.5 Å². The minimum Gasteiger partial charge on any atom is -0.493 e. The van der Waals surface area contributed by atoms with E-state index in [0.29, 0.717) is 27.5 Å². The molecule has 1 amide bonds. The fourth-order valence-electron chi connectivity index (χ4n) is 2.52. The summed E-state index contributed by atoms with van der Waals surface area (Å²) in [6.45, 7) is 0.214. The Balaban J connectivity index is 1.81. The highest BCUT2D eigenvalue weighted by atomic mass is 35.5. The summed E-state index contributed by atoms with van der Waals surface area (Å²) in [6, 6.07) is 11.6. The van der Waals surface area contributed by atoms with Gasteiger partial charge in [0, 0.05) is 17.0 Å². The van der Waals surface area contributed by atoms with Gasteiger partial charge in [-0.3, -0.25) is 4.79 Å². The largest absolute Gasteiger partial charge is 0.493 e. The molecule has 0 saturated carbocycles. The van der Waals surface area contributed by atoms with Crippen molar-refractivity contribution in [2.45, 2.75) is 6.54 Å². The maximum absolute atomic E-state index is 12.4. The molecular formula is C19H16ClNO5. The number of halogens is 1. The van der Waals surface area contributed by atoms with Crippen molar-refractivity contribution in [1.29, 1.82) is 0 Å². The monoisotopic (exact) mass is 373 g/mol. The van der Waals surface area contributed by atoms with Crippen LogP contribution in [0.3, 0.4) is 0 Å². The van der Waals surface area contributed by atoms with Crippen LogP contribution in [-0.4, -0.2) is 20.1 Å². The highest BCUT2D eigenvalue weighted by Gasteiger charge is 2.14. The third-order valence-electron chi connectivity index (χ3n) is 3.84. The zero-order chi connectivity index (χ0) is 18.7. The minimum absolute atomic E-state index is 0.0831. The Labute approximate surface area is 154 Å². The quantitative estimate of drug-likeness (QED) is 0.693. The summed E-state index contributed by atoms with van der Waals surface area (Å²) in [5, 5.41) is 3.76. The first-order valence-corrected chi connectivity index (χ1v) is 8.12. The third kappa shape index (κ3) is 3.65. The van der Waals surface area contributed by atoms with Gasteiger partial charge in [0.1, 0.15) is 11.1 Å². The van der Waals surface area contributed by atoms with Gasteiger partial charge in [-0.25, -0.2) is 4.79 Å². The van der Waals surface area contributed by atoms with E-state index in [0.717, 1.165) is 5.56 Å². The molecular weight excluding hydrogens is 358 g/mol. The molecule has 0 spiro atoms. The van der Waals surface area contributed by atoms with Crippen LogP contribution in [0.15, 0.2) is 51.7 Å². The first kappa shape index (κ1) is 17.8. The molecule has 1 heterocycles. The second kappa shape index (κ2) is 7.49. The Hall–Kier alpha value is -2.99. The molecule has 0 atom stereocenters. The predicted molar refractivity (Wildman–Crippen MR) is 98.2 cm³/mol. The van der Waals surface area contributed by atoms with Gasteiger partial charge in [0.15, 0.2) is 11.5 Å². The van der Waals surface area contributed by atoms with Gasteiger partial charge in [0.25, 0.3) is 5.91 Å². The molecule has 3 aromatic rings. The average Bonchev–Trinajstić information content (AvgIpc) is 2.65. The molecule has 7 heteroatoms. The molecule has 0 fully saturated rings. The maximum atomic E-state index is 12.4. The summed E-state index contributed by atoms with van der Waals surface area (Å²) in [5.74, 6) is 0.615. The molecule has 1 N–H and O–H groups in total. The van der Waals surface area contributed by atoms with Crippen molar-refractivity contribution in [2.75, 3.05) is 14.2 Å². The first-order valence-electron chi connectivity index (χ1n) is 7.74. The Morgan fingerprint density at radius 2 is 1.85 bits per heavy atom. The molecule has 134 valence electrons. The van der Waals surface area contributed by atoms with E-state index < -0.39 is 11.5 Å². The van der Waals surface area contributed by atoms with Crippen LogP contribution in [-0.2, 0) is 6.54 Å². The third-order valence-corrected chi connectivity index (χ3v) is 4.07. The van der Waals surface area contributed by atoms with Gasteiger partial charge >= 0.3 is 5.63 Å². The molecule has 0 aliphatic carbocycles. The number of fused-ring (bicyclic) bond motifs is 1. The van der Waals surface area contributed by atoms with Crippen LogP contribution in [0.2, 0.25) is 5.02 Å². The number of amides is 1. The summed E-state index contributed by atoms with van der Waals surface area (Å²) in [4.78, 5) is 24.4. The van der Waals surface area contributed by atoms with E-state index in [2.05, 4.69) is 5.32 Å².